The van der Waals surface area contributed by atoms with Crippen LogP contribution in [0.5, 0.6) is 0 Å². The van der Waals surface area contributed by atoms with Crippen molar-refractivity contribution in [3.05, 3.63) is 18.2 Å². The standard InChI is InChI=1S/C19H24N8O2/c1-11-10-28-6-4-26(11)15-13-16(27-5-7-29-19(2,3)17(27)23-13)25-14(24-15)12-8-21-18(20)22-9-12/h8-9,11H,4-7,10H2,1-3H3,(H2,20,21,22)/t11-/m0/s1. The summed E-state index contributed by atoms with van der Waals surface area (Å²) in [7, 11) is 0. The Morgan fingerprint density at radius 1 is 1.10 bits per heavy atom. The monoisotopic (exact) mass is 396 g/mol. The molecule has 10 nitrogen and oxygen atoms in total. The molecule has 2 N–H and O–H groups in total. The highest BCUT2D eigenvalue weighted by atomic mass is 16.5. The van der Waals surface area contributed by atoms with Crippen molar-refractivity contribution in [3.63, 3.8) is 0 Å². The van der Waals surface area contributed by atoms with Crippen LogP contribution >= 0.6 is 0 Å². The van der Waals surface area contributed by atoms with E-state index in [1.807, 2.05) is 13.8 Å². The van der Waals surface area contributed by atoms with Gasteiger partial charge in [-0.15, -0.1) is 0 Å². The Hall–Kier alpha value is -2.85. The molecule has 3 aromatic heterocycles. The van der Waals surface area contributed by atoms with Crippen LogP contribution in [-0.2, 0) is 21.6 Å². The first-order valence-electron chi connectivity index (χ1n) is 9.79. The highest BCUT2D eigenvalue weighted by molar-refractivity contribution is 5.86. The third kappa shape index (κ3) is 2.99. The number of nitrogens with two attached hydrogens (primary N) is 1. The number of fused-ring (bicyclic) bond motifs is 3. The maximum atomic E-state index is 5.96. The number of hydrogen-bond donors (Lipinski definition) is 1. The van der Waals surface area contributed by atoms with E-state index >= 15 is 0 Å². The van der Waals surface area contributed by atoms with Gasteiger partial charge in [-0.3, -0.25) is 0 Å². The van der Waals surface area contributed by atoms with Crippen molar-refractivity contribution in [1.29, 1.82) is 0 Å². The first kappa shape index (κ1) is 18.2. The van der Waals surface area contributed by atoms with Gasteiger partial charge in [-0.25, -0.2) is 24.9 Å². The largest absolute Gasteiger partial charge is 0.377 e. The molecule has 0 bridgehead atoms. The molecule has 2 aliphatic rings. The zero-order valence-electron chi connectivity index (χ0n) is 16.8. The number of hydrogen-bond acceptors (Lipinski definition) is 9. The van der Waals surface area contributed by atoms with Crippen LogP contribution in [0.1, 0.15) is 26.6 Å². The summed E-state index contributed by atoms with van der Waals surface area (Å²) >= 11 is 0. The fourth-order valence-electron chi connectivity index (χ4n) is 3.94. The van der Waals surface area contributed by atoms with Crippen molar-refractivity contribution in [2.45, 2.75) is 39.0 Å². The van der Waals surface area contributed by atoms with E-state index < -0.39 is 5.60 Å². The quantitative estimate of drug-likeness (QED) is 0.685. The van der Waals surface area contributed by atoms with Gasteiger partial charge in [0, 0.05) is 25.5 Å². The number of morpholine rings is 1. The molecule has 1 atom stereocenters. The van der Waals surface area contributed by atoms with Crippen molar-refractivity contribution in [2.24, 2.45) is 0 Å². The lowest BCUT2D eigenvalue weighted by Crippen LogP contribution is -2.44. The molecule has 2 aliphatic heterocycles. The number of ether oxygens (including phenoxy) is 2. The highest BCUT2D eigenvalue weighted by Crippen LogP contribution is 2.35. The summed E-state index contributed by atoms with van der Waals surface area (Å²) in [4.78, 5) is 25.1. The molecule has 1 saturated heterocycles. The lowest BCUT2D eigenvalue weighted by atomic mass is 10.1. The summed E-state index contributed by atoms with van der Waals surface area (Å²) < 4.78 is 13.7. The summed E-state index contributed by atoms with van der Waals surface area (Å²) in [6.07, 6.45) is 3.30. The Morgan fingerprint density at radius 2 is 1.90 bits per heavy atom. The maximum Gasteiger partial charge on any atom is 0.219 e. The fourth-order valence-corrected chi connectivity index (χ4v) is 3.94. The average molecular weight is 396 g/mol. The molecule has 5 rings (SSSR count). The lowest BCUT2D eigenvalue weighted by molar-refractivity contribution is -0.0530. The first-order chi connectivity index (χ1) is 13.9. The van der Waals surface area contributed by atoms with E-state index in [2.05, 4.69) is 26.4 Å². The topological polar surface area (TPSA) is 117 Å². The number of aromatic nitrogens is 6. The molecule has 152 valence electrons. The van der Waals surface area contributed by atoms with Crippen LogP contribution in [0.2, 0.25) is 0 Å². The van der Waals surface area contributed by atoms with Gasteiger partial charge in [-0.2, -0.15) is 0 Å². The average Bonchev–Trinajstić information content (AvgIpc) is 3.09. The van der Waals surface area contributed by atoms with E-state index in [0.717, 1.165) is 29.4 Å². The minimum absolute atomic E-state index is 0.181. The van der Waals surface area contributed by atoms with Crippen LogP contribution in [0, 0.1) is 0 Å². The van der Waals surface area contributed by atoms with Crippen molar-refractivity contribution >= 4 is 22.9 Å². The second kappa shape index (κ2) is 6.60. The Labute approximate surface area is 168 Å². The second-order valence-electron chi connectivity index (χ2n) is 7.94. The van der Waals surface area contributed by atoms with E-state index in [1.165, 1.54) is 0 Å². The second-order valence-corrected chi connectivity index (χ2v) is 7.94. The molecule has 0 aromatic carbocycles. The van der Waals surface area contributed by atoms with E-state index in [9.17, 15) is 0 Å². The number of rotatable bonds is 2. The molecule has 10 heteroatoms. The van der Waals surface area contributed by atoms with Crippen LogP contribution in [-0.4, -0.2) is 61.9 Å². The zero-order valence-corrected chi connectivity index (χ0v) is 16.8. The smallest absolute Gasteiger partial charge is 0.219 e. The van der Waals surface area contributed by atoms with Gasteiger partial charge in [-0.1, -0.05) is 0 Å². The van der Waals surface area contributed by atoms with E-state index in [-0.39, 0.29) is 12.0 Å². The lowest BCUT2D eigenvalue weighted by Gasteiger charge is -2.34. The SMILES string of the molecule is C[C@H]1COCCN1c1nc(-c2cnc(N)nc2)nc2c1nc1n2CCOC1(C)C. The summed E-state index contributed by atoms with van der Waals surface area (Å²) in [6.45, 7) is 9.54. The van der Waals surface area contributed by atoms with Gasteiger partial charge in [0.15, 0.2) is 22.8 Å². The zero-order chi connectivity index (χ0) is 20.2. The van der Waals surface area contributed by atoms with Crippen molar-refractivity contribution < 1.29 is 9.47 Å². The molecular weight excluding hydrogens is 372 g/mol. The predicted octanol–water partition coefficient (Wildman–Crippen LogP) is 1.36. The summed E-state index contributed by atoms with van der Waals surface area (Å²) in [5, 5.41) is 0. The highest BCUT2D eigenvalue weighted by Gasteiger charge is 2.35. The van der Waals surface area contributed by atoms with Crippen molar-refractivity contribution in [1.82, 2.24) is 29.5 Å². The fraction of sp³-hybridized carbons (Fsp3) is 0.526. The van der Waals surface area contributed by atoms with Crippen LogP contribution in [0.25, 0.3) is 22.6 Å². The molecule has 3 aromatic rings. The Balaban J connectivity index is 1.76. The number of anilines is 2. The molecule has 0 saturated carbocycles. The third-order valence-corrected chi connectivity index (χ3v) is 5.46. The maximum absolute atomic E-state index is 5.96. The molecule has 1 fully saturated rings. The first-order valence-corrected chi connectivity index (χ1v) is 9.79. The van der Waals surface area contributed by atoms with Crippen LogP contribution in [0.15, 0.2) is 12.4 Å². The molecule has 5 heterocycles. The van der Waals surface area contributed by atoms with Crippen LogP contribution in [0.3, 0.4) is 0 Å². The van der Waals surface area contributed by atoms with Gasteiger partial charge in [0.1, 0.15) is 11.4 Å². The summed E-state index contributed by atoms with van der Waals surface area (Å²) in [6, 6.07) is 0.181. The third-order valence-electron chi connectivity index (χ3n) is 5.46. The van der Waals surface area contributed by atoms with Crippen molar-refractivity contribution in [2.75, 3.05) is 37.0 Å². The number of imidazole rings is 1. The van der Waals surface area contributed by atoms with Crippen LogP contribution < -0.4 is 10.6 Å². The number of nitrogens with zero attached hydrogens (tertiary/aromatic N) is 7. The van der Waals surface area contributed by atoms with E-state index in [4.69, 9.17) is 30.2 Å². The van der Waals surface area contributed by atoms with E-state index in [0.29, 0.717) is 37.8 Å². The van der Waals surface area contributed by atoms with Gasteiger partial charge >= 0.3 is 0 Å². The van der Waals surface area contributed by atoms with Crippen LogP contribution in [0.4, 0.5) is 11.8 Å². The Bertz CT molecular complexity index is 1060. The minimum atomic E-state index is -0.489. The normalized spacial score (nSPS) is 21.3. The van der Waals surface area contributed by atoms with E-state index in [1.54, 1.807) is 12.4 Å². The van der Waals surface area contributed by atoms with Gasteiger partial charge in [0.05, 0.1) is 31.4 Å². The van der Waals surface area contributed by atoms with Gasteiger partial charge in [-0.05, 0) is 20.8 Å². The van der Waals surface area contributed by atoms with Gasteiger partial charge in [0.2, 0.25) is 5.95 Å². The Kier molecular flexibility index (Phi) is 4.14. The Morgan fingerprint density at radius 3 is 2.66 bits per heavy atom. The molecular formula is C19H24N8O2. The number of nitrogen functional groups attached to an aromatic ring is 1. The van der Waals surface area contributed by atoms with Gasteiger partial charge < -0.3 is 24.7 Å². The summed E-state index contributed by atoms with van der Waals surface area (Å²) in [5.74, 6) is 2.44. The molecule has 0 amide bonds. The van der Waals surface area contributed by atoms with Crippen molar-refractivity contribution in [3.8, 4) is 11.4 Å². The van der Waals surface area contributed by atoms with Gasteiger partial charge in [0.25, 0.3) is 0 Å². The molecule has 29 heavy (non-hydrogen) atoms. The molecule has 0 unspecified atom stereocenters. The molecule has 0 aliphatic carbocycles. The predicted molar refractivity (Wildman–Crippen MR) is 107 cm³/mol. The molecule has 0 spiro atoms. The minimum Gasteiger partial charge on any atom is -0.377 e. The molecule has 0 radical (unpaired) electrons. The summed E-state index contributed by atoms with van der Waals surface area (Å²) in [5.41, 5.74) is 7.46.